The maximum atomic E-state index is 12.5. The summed E-state index contributed by atoms with van der Waals surface area (Å²) in [7, 11) is 1.63. The number of likely N-dealkylation sites (tertiary alicyclic amines) is 1. The van der Waals surface area contributed by atoms with E-state index >= 15 is 0 Å². The zero-order chi connectivity index (χ0) is 17.5. The largest absolute Gasteiger partial charge is 0.492 e. The SMILES string of the molecule is COC1(C(=O)Nc2ccc(OCCN3CCCCC3)cc2)CCCC1. The molecule has 0 unspecified atom stereocenters. The third kappa shape index (κ3) is 4.73. The van der Waals surface area contributed by atoms with Crippen LogP contribution in [-0.2, 0) is 9.53 Å². The number of carbonyl (C=O) groups is 1. The number of rotatable bonds is 7. The molecule has 1 saturated heterocycles. The number of methoxy groups -OCH3 is 1. The topological polar surface area (TPSA) is 50.8 Å². The number of nitrogens with zero attached hydrogens (tertiary/aromatic N) is 1. The van der Waals surface area contributed by atoms with E-state index in [1.807, 2.05) is 24.3 Å². The first-order valence-corrected chi connectivity index (χ1v) is 9.54. The Morgan fingerprint density at radius 3 is 2.40 bits per heavy atom. The average Bonchev–Trinajstić information content (AvgIpc) is 3.14. The van der Waals surface area contributed by atoms with Gasteiger partial charge >= 0.3 is 0 Å². The third-order valence-electron chi connectivity index (χ3n) is 5.45. The molecule has 1 heterocycles. The van der Waals surface area contributed by atoms with Crippen LogP contribution in [0.1, 0.15) is 44.9 Å². The number of benzene rings is 1. The number of nitrogens with one attached hydrogen (secondary N) is 1. The van der Waals surface area contributed by atoms with E-state index < -0.39 is 5.60 Å². The molecular formula is C20H30N2O3. The minimum absolute atomic E-state index is 0.0359. The summed E-state index contributed by atoms with van der Waals surface area (Å²) in [6.07, 6.45) is 7.65. The van der Waals surface area contributed by atoms with Crippen LogP contribution in [0, 0.1) is 0 Å². The van der Waals surface area contributed by atoms with Crippen LogP contribution in [0.3, 0.4) is 0 Å². The van der Waals surface area contributed by atoms with Gasteiger partial charge in [-0.3, -0.25) is 9.69 Å². The summed E-state index contributed by atoms with van der Waals surface area (Å²) in [6, 6.07) is 7.62. The highest BCUT2D eigenvalue weighted by Crippen LogP contribution is 2.33. The number of hydrogen-bond donors (Lipinski definition) is 1. The van der Waals surface area contributed by atoms with Gasteiger partial charge in [0, 0.05) is 19.3 Å². The molecule has 1 amide bonds. The van der Waals surface area contributed by atoms with Gasteiger partial charge in [-0.1, -0.05) is 6.42 Å². The zero-order valence-corrected chi connectivity index (χ0v) is 15.3. The number of piperidine rings is 1. The van der Waals surface area contributed by atoms with E-state index in [9.17, 15) is 4.79 Å². The lowest BCUT2D eigenvalue weighted by molar-refractivity contribution is -0.136. The van der Waals surface area contributed by atoms with E-state index in [4.69, 9.17) is 9.47 Å². The smallest absolute Gasteiger partial charge is 0.256 e. The van der Waals surface area contributed by atoms with Crippen LogP contribution in [0.25, 0.3) is 0 Å². The van der Waals surface area contributed by atoms with Crippen molar-refractivity contribution in [2.45, 2.75) is 50.5 Å². The Morgan fingerprint density at radius 1 is 1.08 bits per heavy atom. The van der Waals surface area contributed by atoms with E-state index in [-0.39, 0.29) is 5.91 Å². The van der Waals surface area contributed by atoms with Crippen molar-refractivity contribution < 1.29 is 14.3 Å². The molecule has 1 saturated carbocycles. The van der Waals surface area contributed by atoms with Gasteiger partial charge in [0.05, 0.1) is 0 Å². The Morgan fingerprint density at radius 2 is 1.76 bits per heavy atom. The van der Waals surface area contributed by atoms with Crippen LogP contribution in [0.15, 0.2) is 24.3 Å². The Labute approximate surface area is 150 Å². The summed E-state index contributed by atoms with van der Waals surface area (Å²) >= 11 is 0. The summed E-state index contributed by atoms with van der Waals surface area (Å²) in [5.74, 6) is 0.809. The quantitative estimate of drug-likeness (QED) is 0.821. The van der Waals surface area contributed by atoms with Crippen molar-refractivity contribution in [3.8, 4) is 5.75 Å². The highest BCUT2D eigenvalue weighted by Gasteiger charge is 2.41. The van der Waals surface area contributed by atoms with Gasteiger partial charge in [0.1, 0.15) is 18.0 Å². The summed E-state index contributed by atoms with van der Waals surface area (Å²) in [4.78, 5) is 15.0. The van der Waals surface area contributed by atoms with E-state index in [0.29, 0.717) is 6.61 Å². The minimum Gasteiger partial charge on any atom is -0.492 e. The number of carbonyl (C=O) groups excluding carboxylic acids is 1. The van der Waals surface area contributed by atoms with Crippen LogP contribution in [0.5, 0.6) is 5.75 Å². The summed E-state index contributed by atoms with van der Waals surface area (Å²) in [5.41, 5.74) is 0.139. The van der Waals surface area contributed by atoms with Crippen molar-refractivity contribution in [1.82, 2.24) is 4.90 Å². The lowest BCUT2D eigenvalue weighted by Gasteiger charge is -2.26. The summed E-state index contributed by atoms with van der Waals surface area (Å²) in [5, 5.41) is 2.98. The number of amides is 1. The highest BCUT2D eigenvalue weighted by atomic mass is 16.5. The normalized spacial score (nSPS) is 20.4. The first-order valence-electron chi connectivity index (χ1n) is 9.54. The molecular weight excluding hydrogens is 316 g/mol. The predicted molar refractivity (Wildman–Crippen MR) is 99.1 cm³/mol. The first kappa shape index (κ1) is 18.2. The molecule has 138 valence electrons. The monoisotopic (exact) mass is 346 g/mol. The van der Waals surface area contributed by atoms with Gasteiger partial charge in [0.2, 0.25) is 0 Å². The van der Waals surface area contributed by atoms with Crippen molar-refractivity contribution in [3.05, 3.63) is 24.3 Å². The van der Waals surface area contributed by atoms with Crippen molar-refractivity contribution >= 4 is 11.6 Å². The van der Waals surface area contributed by atoms with Crippen LogP contribution in [-0.4, -0.2) is 49.8 Å². The molecule has 0 radical (unpaired) electrons. The van der Waals surface area contributed by atoms with Crippen LogP contribution < -0.4 is 10.1 Å². The van der Waals surface area contributed by atoms with Gasteiger partial charge < -0.3 is 14.8 Å². The van der Waals surface area contributed by atoms with Gasteiger partial charge in [-0.15, -0.1) is 0 Å². The molecule has 2 aliphatic rings. The van der Waals surface area contributed by atoms with Crippen LogP contribution in [0.2, 0.25) is 0 Å². The van der Waals surface area contributed by atoms with Crippen molar-refractivity contribution in [1.29, 1.82) is 0 Å². The Bertz CT molecular complexity index is 547. The van der Waals surface area contributed by atoms with E-state index in [2.05, 4.69) is 10.2 Å². The van der Waals surface area contributed by atoms with Gasteiger partial charge in [-0.2, -0.15) is 0 Å². The van der Waals surface area contributed by atoms with Crippen LogP contribution in [0.4, 0.5) is 5.69 Å². The lowest BCUT2D eigenvalue weighted by atomic mass is 10.0. The Hall–Kier alpha value is -1.59. The van der Waals surface area contributed by atoms with Crippen molar-refractivity contribution in [2.75, 3.05) is 38.7 Å². The zero-order valence-electron chi connectivity index (χ0n) is 15.3. The maximum absolute atomic E-state index is 12.5. The molecule has 0 spiro atoms. The van der Waals surface area contributed by atoms with E-state index in [1.165, 1.54) is 32.4 Å². The van der Waals surface area contributed by atoms with Gasteiger partial charge in [-0.05, 0) is 75.9 Å². The minimum atomic E-state index is -0.649. The summed E-state index contributed by atoms with van der Waals surface area (Å²) in [6.45, 7) is 4.07. The molecule has 2 fully saturated rings. The van der Waals surface area contributed by atoms with Gasteiger partial charge in [0.15, 0.2) is 0 Å². The fourth-order valence-electron chi connectivity index (χ4n) is 3.83. The van der Waals surface area contributed by atoms with Gasteiger partial charge in [0.25, 0.3) is 5.91 Å². The Balaban J connectivity index is 1.46. The maximum Gasteiger partial charge on any atom is 0.256 e. The molecule has 1 aromatic carbocycles. The molecule has 5 heteroatoms. The second-order valence-electron chi connectivity index (χ2n) is 7.13. The lowest BCUT2D eigenvalue weighted by Crippen LogP contribution is -2.42. The van der Waals surface area contributed by atoms with Crippen LogP contribution >= 0.6 is 0 Å². The molecule has 1 N–H and O–H groups in total. The van der Waals surface area contributed by atoms with Crippen molar-refractivity contribution in [3.63, 3.8) is 0 Å². The predicted octanol–water partition coefficient (Wildman–Crippen LogP) is 3.45. The molecule has 1 aliphatic carbocycles. The standard InChI is InChI=1S/C20H30N2O3/c1-24-20(11-3-4-12-20)19(23)21-17-7-9-18(10-8-17)25-16-15-22-13-5-2-6-14-22/h7-10H,2-6,11-16H2,1H3,(H,21,23). The summed E-state index contributed by atoms with van der Waals surface area (Å²) < 4.78 is 11.4. The first-order chi connectivity index (χ1) is 12.2. The van der Waals surface area contributed by atoms with E-state index in [0.717, 1.165) is 43.7 Å². The molecule has 5 nitrogen and oxygen atoms in total. The second kappa shape index (κ2) is 8.68. The third-order valence-corrected chi connectivity index (χ3v) is 5.45. The fourth-order valence-corrected chi connectivity index (χ4v) is 3.83. The fraction of sp³-hybridized carbons (Fsp3) is 0.650. The average molecular weight is 346 g/mol. The second-order valence-corrected chi connectivity index (χ2v) is 7.13. The highest BCUT2D eigenvalue weighted by molar-refractivity contribution is 5.97. The molecule has 3 rings (SSSR count). The van der Waals surface area contributed by atoms with Crippen molar-refractivity contribution in [2.24, 2.45) is 0 Å². The molecule has 0 bridgehead atoms. The van der Waals surface area contributed by atoms with E-state index in [1.54, 1.807) is 7.11 Å². The number of ether oxygens (including phenoxy) is 2. The number of hydrogen-bond acceptors (Lipinski definition) is 4. The molecule has 0 aromatic heterocycles. The Kier molecular flexibility index (Phi) is 6.32. The van der Waals surface area contributed by atoms with Gasteiger partial charge in [-0.25, -0.2) is 0 Å². The molecule has 25 heavy (non-hydrogen) atoms. The number of anilines is 1. The molecule has 1 aliphatic heterocycles. The molecule has 1 aromatic rings. The molecule has 0 atom stereocenters.